The molecule has 2 aromatic heterocycles. The van der Waals surface area contributed by atoms with Crippen molar-refractivity contribution >= 4 is 38.7 Å². The number of aromatic nitrogens is 3. The van der Waals surface area contributed by atoms with Gasteiger partial charge >= 0.3 is 0 Å². The zero-order chi connectivity index (χ0) is 21.6. The van der Waals surface area contributed by atoms with Crippen molar-refractivity contribution in [3.05, 3.63) is 70.8 Å². The fourth-order valence-corrected chi connectivity index (χ4v) is 3.63. The Kier molecular flexibility index (Phi) is 6.47. The number of hydrogen-bond acceptors (Lipinski definition) is 5. The molecule has 0 saturated heterocycles. The standard InChI is InChI=1S/C23H22BrN5O2/c1-31-17-10-8-15(9-11-17)21-28-20-19(18(24)14-27-22(20)29-21)25-12-5-13-26-23(30)16-6-3-2-4-7-16/h2-4,6-11,14H,5,12-13H2,1H3,(H,26,30)(H2,25,27,28,29). The number of anilines is 1. The molecule has 0 atom stereocenters. The summed E-state index contributed by atoms with van der Waals surface area (Å²) in [6.45, 7) is 1.26. The molecule has 0 aliphatic carbocycles. The van der Waals surface area contributed by atoms with Gasteiger partial charge in [-0.2, -0.15) is 0 Å². The highest BCUT2D eigenvalue weighted by atomic mass is 79.9. The van der Waals surface area contributed by atoms with E-state index < -0.39 is 0 Å². The number of carbonyl (C=O) groups excluding carboxylic acids is 1. The lowest BCUT2D eigenvalue weighted by molar-refractivity contribution is 0.0953. The molecule has 31 heavy (non-hydrogen) atoms. The number of halogens is 1. The first-order valence-corrected chi connectivity index (χ1v) is 10.7. The van der Waals surface area contributed by atoms with Crippen LogP contribution in [0.5, 0.6) is 5.75 Å². The summed E-state index contributed by atoms with van der Waals surface area (Å²) >= 11 is 3.57. The summed E-state index contributed by atoms with van der Waals surface area (Å²) in [5.41, 5.74) is 3.97. The lowest BCUT2D eigenvalue weighted by atomic mass is 10.2. The van der Waals surface area contributed by atoms with Crippen LogP contribution in [-0.4, -0.2) is 41.1 Å². The van der Waals surface area contributed by atoms with E-state index in [0.717, 1.165) is 39.2 Å². The number of amides is 1. The van der Waals surface area contributed by atoms with Gasteiger partial charge in [0.1, 0.15) is 17.1 Å². The van der Waals surface area contributed by atoms with Gasteiger partial charge in [0.15, 0.2) is 5.65 Å². The highest BCUT2D eigenvalue weighted by molar-refractivity contribution is 9.10. The Morgan fingerprint density at radius 2 is 1.87 bits per heavy atom. The fraction of sp³-hybridized carbons (Fsp3) is 0.174. The van der Waals surface area contributed by atoms with Crippen molar-refractivity contribution in [1.29, 1.82) is 0 Å². The van der Waals surface area contributed by atoms with Gasteiger partial charge in [0.2, 0.25) is 0 Å². The fourth-order valence-electron chi connectivity index (χ4n) is 3.19. The maximum Gasteiger partial charge on any atom is 0.251 e. The minimum absolute atomic E-state index is 0.0641. The number of methoxy groups -OCH3 is 1. The lowest BCUT2D eigenvalue weighted by Gasteiger charge is -2.10. The van der Waals surface area contributed by atoms with Gasteiger partial charge in [-0.3, -0.25) is 4.79 Å². The van der Waals surface area contributed by atoms with E-state index in [1.54, 1.807) is 25.4 Å². The summed E-state index contributed by atoms with van der Waals surface area (Å²) in [7, 11) is 1.64. The van der Waals surface area contributed by atoms with Gasteiger partial charge in [-0.1, -0.05) is 18.2 Å². The van der Waals surface area contributed by atoms with E-state index in [1.807, 2.05) is 42.5 Å². The molecule has 0 radical (unpaired) electrons. The molecule has 0 unspecified atom stereocenters. The molecule has 1 amide bonds. The maximum atomic E-state index is 12.1. The van der Waals surface area contributed by atoms with Gasteiger partial charge < -0.3 is 20.4 Å². The van der Waals surface area contributed by atoms with Gasteiger partial charge in [0, 0.05) is 30.4 Å². The van der Waals surface area contributed by atoms with Crippen molar-refractivity contribution in [2.75, 3.05) is 25.5 Å². The molecular weight excluding hydrogens is 458 g/mol. The Balaban J connectivity index is 1.40. The van der Waals surface area contributed by atoms with Crippen LogP contribution in [0.25, 0.3) is 22.6 Å². The van der Waals surface area contributed by atoms with Gasteiger partial charge in [-0.15, -0.1) is 0 Å². The zero-order valence-electron chi connectivity index (χ0n) is 17.0. The molecule has 0 aliphatic rings. The monoisotopic (exact) mass is 479 g/mol. The third-order valence-corrected chi connectivity index (χ3v) is 5.42. The first-order chi connectivity index (χ1) is 15.2. The SMILES string of the molecule is COc1ccc(-c2nc3ncc(Br)c(NCCCNC(=O)c4ccccc4)c3[nH]2)cc1. The summed E-state index contributed by atoms with van der Waals surface area (Å²) in [5, 5.41) is 6.36. The molecular formula is C23H22BrN5O2. The third kappa shape index (κ3) is 4.86. The summed E-state index contributed by atoms with van der Waals surface area (Å²) in [4.78, 5) is 24.5. The van der Waals surface area contributed by atoms with Gasteiger partial charge in [0.05, 0.1) is 17.3 Å². The van der Waals surface area contributed by atoms with Crippen molar-refractivity contribution in [3.63, 3.8) is 0 Å². The van der Waals surface area contributed by atoms with Crippen molar-refractivity contribution < 1.29 is 9.53 Å². The van der Waals surface area contributed by atoms with Gasteiger partial charge in [-0.05, 0) is 58.7 Å². The molecule has 4 rings (SSSR count). The maximum absolute atomic E-state index is 12.1. The number of nitrogens with one attached hydrogen (secondary N) is 3. The average Bonchev–Trinajstić information content (AvgIpc) is 3.25. The highest BCUT2D eigenvalue weighted by Gasteiger charge is 2.13. The van der Waals surface area contributed by atoms with E-state index in [2.05, 4.69) is 41.5 Å². The quantitative estimate of drug-likeness (QED) is 0.320. The summed E-state index contributed by atoms with van der Waals surface area (Å²) in [6.07, 6.45) is 2.51. The number of benzene rings is 2. The normalized spacial score (nSPS) is 10.8. The van der Waals surface area contributed by atoms with E-state index in [1.165, 1.54) is 0 Å². The predicted octanol–water partition coefficient (Wildman–Crippen LogP) is 4.63. The van der Waals surface area contributed by atoms with Crippen LogP contribution in [0.15, 0.2) is 65.3 Å². The Labute approximate surface area is 188 Å². The van der Waals surface area contributed by atoms with Crippen molar-refractivity contribution in [3.8, 4) is 17.1 Å². The van der Waals surface area contributed by atoms with Crippen LogP contribution in [0, 0.1) is 0 Å². The number of carbonyl (C=O) groups is 1. The highest BCUT2D eigenvalue weighted by Crippen LogP contribution is 2.31. The molecule has 0 aliphatic heterocycles. The Hall–Kier alpha value is -3.39. The number of aromatic amines is 1. The first-order valence-electron chi connectivity index (χ1n) is 9.91. The molecule has 7 nitrogen and oxygen atoms in total. The van der Waals surface area contributed by atoms with Crippen molar-refractivity contribution in [2.45, 2.75) is 6.42 Å². The van der Waals surface area contributed by atoms with Crippen LogP contribution < -0.4 is 15.4 Å². The Morgan fingerprint density at radius 3 is 2.61 bits per heavy atom. The minimum Gasteiger partial charge on any atom is -0.497 e. The smallest absolute Gasteiger partial charge is 0.251 e. The number of nitrogens with zero attached hydrogens (tertiary/aromatic N) is 2. The van der Waals surface area contributed by atoms with Crippen LogP contribution in [0.4, 0.5) is 5.69 Å². The largest absolute Gasteiger partial charge is 0.497 e. The summed E-state index contributed by atoms with van der Waals surface area (Å²) in [5.74, 6) is 1.47. The number of rotatable bonds is 8. The van der Waals surface area contributed by atoms with E-state index in [9.17, 15) is 4.79 Å². The summed E-state index contributed by atoms with van der Waals surface area (Å²) in [6, 6.07) is 16.9. The van der Waals surface area contributed by atoms with E-state index in [4.69, 9.17) is 4.74 Å². The lowest BCUT2D eigenvalue weighted by Crippen LogP contribution is -2.25. The average molecular weight is 480 g/mol. The van der Waals surface area contributed by atoms with E-state index in [0.29, 0.717) is 24.3 Å². The van der Waals surface area contributed by atoms with Crippen LogP contribution in [0.2, 0.25) is 0 Å². The first kappa shape index (κ1) is 20.9. The third-order valence-electron chi connectivity index (χ3n) is 4.81. The Morgan fingerprint density at radius 1 is 1.10 bits per heavy atom. The van der Waals surface area contributed by atoms with E-state index >= 15 is 0 Å². The van der Waals surface area contributed by atoms with Crippen LogP contribution in [0.3, 0.4) is 0 Å². The van der Waals surface area contributed by atoms with Crippen molar-refractivity contribution in [1.82, 2.24) is 20.3 Å². The Bertz CT molecular complexity index is 1180. The molecule has 0 bridgehead atoms. The second-order valence-corrected chi connectivity index (χ2v) is 7.75. The number of ether oxygens (including phenoxy) is 1. The van der Waals surface area contributed by atoms with Gasteiger partial charge in [0.25, 0.3) is 5.91 Å². The molecule has 0 spiro atoms. The molecule has 2 aromatic carbocycles. The number of H-pyrrole nitrogens is 1. The minimum atomic E-state index is -0.0641. The number of imidazole rings is 1. The second-order valence-electron chi connectivity index (χ2n) is 6.90. The van der Waals surface area contributed by atoms with Crippen LogP contribution in [0.1, 0.15) is 16.8 Å². The van der Waals surface area contributed by atoms with Crippen molar-refractivity contribution in [2.24, 2.45) is 0 Å². The molecule has 158 valence electrons. The van der Waals surface area contributed by atoms with Crippen LogP contribution >= 0.6 is 15.9 Å². The van der Waals surface area contributed by atoms with E-state index in [-0.39, 0.29) is 5.91 Å². The zero-order valence-corrected chi connectivity index (χ0v) is 18.6. The molecule has 8 heteroatoms. The molecule has 0 fully saturated rings. The molecule has 0 saturated carbocycles. The molecule has 2 heterocycles. The second kappa shape index (κ2) is 9.61. The van der Waals surface area contributed by atoms with Crippen LogP contribution in [-0.2, 0) is 0 Å². The number of hydrogen-bond donors (Lipinski definition) is 3. The number of pyridine rings is 1. The molecule has 4 aromatic rings. The topological polar surface area (TPSA) is 91.9 Å². The van der Waals surface area contributed by atoms with Gasteiger partial charge in [-0.25, -0.2) is 9.97 Å². The number of fused-ring (bicyclic) bond motifs is 1. The predicted molar refractivity (Wildman–Crippen MR) is 125 cm³/mol. The molecule has 3 N–H and O–H groups in total. The summed E-state index contributed by atoms with van der Waals surface area (Å²) < 4.78 is 6.06.